The molecule has 0 saturated heterocycles. The van der Waals surface area contributed by atoms with E-state index in [-0.39, 0.29) is 0 Å². The van der Waals surface area contributed by atoms with E-state index in [0.29, 0.717) is 0 Å². The minimum absolute atomic E-state index is 0.740. The summed E-state index contributed by atoms with van der Waals surface area (Å²) in [5.74, 6) is 0. The molecule has 17 heavy (non-hydrogen) atoms. The van der Waals surface area contributed by atoms with Crippen LogP contribution in [0.1, 0.15) is 12.5 Å². The molecule has 2 aromatic carbocycles. The van der Waals surface area contributed by atoms with E-state index >= 15 is 0 Å². The van der Waals surface area contributed by atoms with Gasteiger partial charge in [0, 0.05) is 10.8 Å². The quantitative estimate of drug-likeness (QED) is 0.505. The van der Waals surface area contributed by atoms with Crippen molar-refractivity contribution in [1.29, 1.82) is 0 Å². The van der Waals surface area contributed by atoms with Crippen molar-refractivity contribution in [2.45, 2.75) is 13.3 Å². The summed E-state index contributed by atoms with van der Waals surface area (Å²) in [6, 6.07) is 14.5. The van der Waals surface area contributed by atoms with Crippen LogP contribution in [0.5, 0.6) is 0 Å². The molecule has 0 fully saturated rings. The fraction of sp³-hybridized carbons (Fsp3) is 0.133. The molecular formula is C15H14N2. The fourth-order valence-corrected chi connectivity index (χ4v) is 2.15. The highest BCUT2D eigenvalue weighted by Crippen LogP contribution is 2.24. The van der Waals surface area contributed by atoms with Crippen LogP contribution in [-0.2, 0) is 6.42 Å². The van der Waals surface area contributed by atoms with Gasteiger partial charge in [0.05, 0.1) is 16.7 Å². The molecule has 0 aliphatic rings. The highest BCUT2D eigenvalue weighted by molar-refractivity contribution is 5.97. The number of benzene rings is 2. The largest absolute Gasteiger partial charge is 0.397 e. The van der Waals surface area contributed by atoms with Gasteiger partial charge in [-0.25, -0.2) is 4.98 Å². The first kappa shape index (κ1) is 10.1. The topological polar surface area (TPSA) is 38.9 Å². The van der Waals surface area contributed by atoms with E-state index in [0.717, 1.165) is 28.5 Å². The standard InChI is InChI=1S/C15H14N2/c1-2-10-6-7-14-12(8-10)9-11-4-3-5-13(16)15(11)17-14/h3-9H,2,16H2,1H3. The molecule has 0 saturated carbocycles. The lowest BCUT2D eigenvalue weighted by molar-refractivity contribution is 1.15. The Bertz CT molecular complexity index is 702. The van der Waals surface area contributed by atoms with Crippen molar-refractivity contribution in [3.05, 3.63) is 48.0 Å². The molecular weight excluding hydrogens is 208 g/mol. The molecule has 3 aromatic rings. The molecule has 2 nitrogen and oxygen atoms in total. The normalized spacial score (nSPS) is 11.1. The van der Waals surface area contributed by atoms with Gasteiger partial charge in [0.2, 0.25) is 0 Å². The second-order valence-corrected chi connectivity index (χ2v) is 4.29. The molecule has 0 radical (unpaired) electrons. The third-order valence-electron chi connectivity index (χ3n) is 3.14. The van der Waals surface area contributed by atoms with E-state index in [2.05, 4.69) is 42.2 Å². The maximum atomic E-state index is 5.94. The fourth-order valence-electron chi connectivity index (χ4n) is 2.15. The van der Waals surface area contributed by atoms with Crippen LogP contribution in [-0.4, -0.2) is 4.98 Å². The van der Waals surface area contributed by atoms with E-state index in [1.165, 1.54) is 10.9 Å². The van der Waals surface area contributed by atoms with Crippen LogP contribution in [0.25, 0.3) is 21.8 Å². The van der Waals surface area contributed by atoms with Crippen LogP contribution in [0, 0.1) is 0 Å². The first-order valence-electron chi connectivity index (χ1n) is 5.86. The average molecular weight is 222 g/mol. The van der Waals surface area contributed by atoms with Crippen molar-refractivity contribution >= 4 is 27.5 Å². The number of rotatable bonds is 1. The summed E-state index contributed by atoms with van der Waals surface area (Å²) < 4.78 is 0. The van der Waals surface area contributed by atoms with Gasteiger partial charge in [0.1, 0.15) is 0 Å². The van der Waals surface area contributed by atoms with Gasteiger partial charge in [-0.05, 0) is 36.2 Å². The third kappa shape index (κ3) is 1.62. The van der Waals surface area contributed by atoms with Crippen LogP contribution < -0.4 is 5.73 Å². The maximum Gasteiger partial charge on any atom is 0.0938 e. The Morgan fingerprint density at radius 2 is 1.94 bits per heavy atom. The Balaban J connectivity index is 2.39. The van der Waals surface area contributed by atoms with Gasteiger partial charge in [0.25, 0.3) is 0 Å². The minimum atomic E-state index is 0.740. The van der Waals surface area contributed by atoms with Gasteiger partial charge in [-0.2, -0.15) is 0 Å². The molecule has 1 heterocycles. The lowest BCUT2D eigenvalue weighted by Gasteiger charge is -2.05. The summed E-state index contributed by atoms with van der Waals surface area (Å²) in [6.45, 7) is 2.16. The molecule has 0 unspecified atom stereocenters. The van der Waals surface area contributed by atoms with Crippen molar-refractivity contribution in [3.63, 3.8) is 0 Å². The SMILES string of the molecule is CCc1ccc2nc3c(N)cccc3cc2c1. The zero-order valence-corrected chi connectivity index (χ0v) is 9.77. The molecule has 0 aliphatic heterocycles. The number of aromatic nitrogens is 1. The summed E-state index contributed by atoms with van der Waals surface area (Å²) in [6.07, 6.45) is 1.05. The number of nitrogens with zero attached hydrogens (tertiary/aromatic N) is 1. The van der Waals surface area contributed by atoms with Crippen molar-refractivity contribution in [2.75, 3.05) is 5.73 Å². The van der Waals surface area contributed by atoms with Gasteiger partial charge in [-0.1, -0.05) is 25.1 Å². The lowest BCUT2D eigenvalue weighted by Crippen LogP contribution is -1.90. The molecule has 2 N–H and O–H groups in total. The monoisotopic (exact) mass is 222 g/mol. The molecule has 0 atom stereocenters. The number of anilines is 1. The number of pyridine rings is 1. The summed E-state index contributed by atoms with van der Waals surface area (Å²) in [7, 11) is 0. The number of fused-ring (bicyclic) bond motifs is 2. The van der Waals surface area contributed by atoms with Crippen molar-refractivity contribution in [2.24, 2.45) is 0 Å². The minimum Gasteiger partial charge on any atom is -0.397 e. The van der Waals surface area contributed by atoms with E-state index in [1.54, 1.807) is 0 Å². The van der Waals surface area contributed by atoms with Crippen LogP contribution in [0.15, 0.2) is 42.5 Å². The predicted octanol–water partition coefficient (Wildman–Crippen LogP) is 3.53. The third-order valence-corrected chi connectivity index (χ3v) is 3.14. The summed E-state index contributed by atoms with van der Waals surface area (Å²) in [5.41, 5.74) is 9.92. The average Bonchev–Trinajstić information content (AvgIpc) is 2.36. The van der Waals surface area contributed by atoms with E-state index in [4.69, 9.17) is 5.73 Å². The first-order chi connectivity index (χ1) is 8.28. The van der Waals surface area contributed by atoms with Crippen LogP contribution in [0.2, 0.25) is 0 Å². The van der Waals surface area contributed by atoms with Gasteiger partial charge >= 0.3 is 0 Å². The molecule has 1 aromatic heterocycles. The van der Waals surface area contributed by atoms with Crippen molar-refractivity contribution in [1.82, 2.24) is 4.98 Å². The Morgan fingerprint density at radius 1 is 1.06 bits per heavy atom. The number of aryl methyl sites for hydroxylation is 1. The van der Waals surface area contributed by atoms with Gasteiger partial charge in [0.15, 0.2) is 0 Å². The van der Waals surface area contributed by atoms with Gasteiger partial charge in [-0.15, -0.1) is 0 Å². The molecule has 0 bridgehead atoms. The highest BCUT2D eigenvalue weighted by atomic mass is 14.7. The zero-order valence-electron chi connectivity index (χ0n) is 9.77. The molecule has 2 heteroatoms. The number of hydrogen-bond acceptors (Lipinski definition) is 2. The van der Waals surface area contributed by atoms with E-state index < -0.39 is 0 Å². The Hall–Kier alpha value is -2.09. The Morgan fingerprint density at radius 3 is 2.76 bits per heavy atom. The summed E-state index contributed by atoms with van der Waals surface area (Å²) >= 11 is 0. The lowest BCUT2D eigenvalue weighted by atomic mass is 10.1. The maximum absolute atomic E-state index is 5.94. The first-order valence-corrected chi connectivity index (χ1v) is 5.86. The molecule has 0 amide bonds. The van der Waals surface area contributed by atoms with Crippen LogP contribution in [0.4, 0.5) is 5.69 Å². The second-order valence-electron chi connectivity index (χ2n) is 4.29. The van der Waals surface area contributed by atoms with E-state index in [1.807, 2.05) is 12.1 Å². The number of para-hydroxylation sites is 1. The smallest absolute Gasteiger partial charge is 0.0938 e. The Labute approximate surface area is 100 Å². The number of nitrogen functional groups attached to an aromatic ring is 1. The van der Waals surface area contributed by atoms with Gasteiger partial charge < -0.3 is 5.73 Å². The van der Waals surface area contributed by atoms with E-state index in [9.17, 15) is 0 Å². The summed E-state index contributed by atoms with van der Waals surface area (Å²) in [4.78, 5) is 4.63. The van der Waals surface area contributed by atoms with Crippen molar-refractivity contribution in [3.8, 4) is 0 Å². The molecule has 0 aliphatic carbocycles. The second kappa shape index (κ2) is 3.74. The number of nitrogens with two attached hydrogens (primary N) is 1. The molecule has 3 rings (SSSR count). The molecule has 84 valence electrons. The zero-order chi connectivity index (χ0) is 11.8. The van der Waals surface area contributed by atoms with Crippen LogP contribution >= 0.6 is 0 Å². The van der Waals surface area contributed by atoms with Crippen molar-refractivity contribution < 1.29 is 0 Å². The number of hydrogen-bond donors (Lipinski definition) is 1. The summed E-state index contributed by atoms with van der Waals surface area (Å²) in [5, 5.41) is 2.29. The van der Waals surface area contributed by atoms with Crippen LogP contribution in [0.3, 0.4) is 0 Å². The highest BCUT2D eigenvalue weighted by Gasteiger charge is 2.02. The Kier molecular flexibility index (Phi) is 2.22. The predicted molar refractivity (Wildman–Crippen MR) is 73.0 cm³/mol. The van der Waals surface area contributed by atoms with Gasteiger partial charge in [-0.3, -0.25) is 0 Å². The molecule has 0 spiro atoms.